The van der Waals surface area contributed by atoms with Gasteiger partial charge < -0.3 is 5.32 Å². The summed E-state index contributed by atoms with van der Waals surface area (Å²) in [4.78, 5) is 1.10. The van der Waals surface area contributed by atoms with Crippen LogP contribution in [0.15, 0.2) is 29.6 Å². The predicted octanol–water partition coefficient (Wildman–Crippen LogP) is 4.83. The highest BCUT2D eigenvalue weighted by Crippen LogP contribution is 2.34. The van der Waals surface area contributed by atoms with Crippen LogP contribution in [0.4, 0.5) is 0 Å². The fourth-order valence-electron chi connectivity index (χ4n) is 1.61. The maximum atomic E-state index is 6.16. The van der Waals surface area contributed by atoms with Crippen molar-refractivity contribution >= 4 is 34.5 Å². The number of benzene rings is 1. The molecule has 0 saturated carbocycles. The van der Waals surface area contributed by atoms with Crippen LogP contribution >= 0.6 is 34.5 Å². The van der Waals surface area contributed by atoms with E-state index < -0.39 is 0 Å². The molecule has 0 aliphatic carbocycles. The zero-order valence-electron chi connectivity index (χ0n) is 9.47. The number of rotatable bonds is 4. The van der Waals surface area contributed by atoms with Crippen LogP contribution in [0.1, 0.15) is 12.5 Å². The summed E-state index contributed by atoms with van der Waals surface area (Å²) < 4.78 is 0. The molecule has 2 rings (SSSR count). The van der Waals surface area contributed by atoms with E-state index in [2.05, 4.69) is 18.3 Å². The predicted molar refractivity (Wildman–Crippen MR) is 77.2 cm³/mol. The molecule has 0 bridgehead atoms. The summed E-state index contributed by atoms with van der Waals surface area (Å²) in [5, 5.41) is 6.87. The van der Waals surface area contributed by atoms with Crippen LogP contribution in [0.2, 0.25) is 10.0 Å². The SMILES string of the molecule is CCNCc1cc(-c2sccc2Cl)ccc1Cl. The van der Waals surface area contributed by atoms with Crippen molar-refractivity contribution in [1.29, 1.82) is 0 Å². The summed E-state index contributed by atoms with van der Waals surface area (Å²) in [6, 6.07) is 7.96. The Morgan fingerprint density at radius 1 is 1.18 bits per heavy atom. The minimum atomic E-state index is 0.784. The van der Waals surface area contributed by atoms with Crippen molar-refractivity contribution < 1.29 is 0 Å². The molecule has 1 aromatic heterocycles. The van der Waals surface area contributed by atoms with Gasteiger partial charge in [-0.25, -0.2) is 0 Å². The molecule has 17 heavy (non-hydrogen) atoms. The summed E-state index contributed by atoms with van der Waals surface area (Å²) in [5.41, 5.74) is 2.23. The number of thiophene rings is 1. The molecule has 2 aromatic rings. The van der Waals surface area contributed by atoms with Crippen LogP contribution in [0.3, 0.4) is 0 Å². The van der Waals surface area contributed by atoms with Crippen molar-refractivity contribution in [2.24, 2.45) is 0 Å². The van der Waals surface area contributed by atoms with Gasteiger partial charge in [0.15, 0.2) is 0 Å². The van der Waals surface area contributed by atoms with Crippen molar-refractivity contribution in [3.63, 3.8) is 0 Å². The van der Waals surface area contributed by atoms with Crippen LogP contribution in [-0.4, -0.2) is 6.54 Å². The summed E-state index contributed by atoms with van der Waals surface area (Å²) in [7, 11) is 0. The molecule has 1 heterocycles. The Bertz CT molecular complexity index is 508. The average Bonchev–Trinajstić information content (AvgIpc) is 2.75. The third kappa shape index (κ3) is 3.02. The smallest absolute Gasteiger partial charge is 0.0592 e. The summed E-state index contributed by atoms with van der Waals surface area (Å²) in [6.07, 6.45) is 0. The van der Waals surface area contributed by atoms with Gasteiger partial charge in [0.25, 0.3) is 0 Å². The molecule has 0 unspecified atom stereocenters. The van der Waals surface area contributed by atoms with Crippen molar-refractivity contribution in [3.05, 3.63) is 45.3 Å². The molecule has 0 fully saturated rings. The summed E-state index contributed by atoms with van der Waals surface area (Å²) in [5.74, 6) is 0. The first-order chi connectivity index (χ1) is 8.22. The van der Waals surface area contributed by atoms with E-state index >= 15 is 0 Å². The molecule has 90 valence electrons. The second kappa shape index (κ2) is 5.87. The Morgan fingerprint density at radius 3 is 2.65 bits per heavy atom. The number of hydrogen-bond acceptors (Lipinski definition) is 2. The molecule has 0 spiro atoms. The first-order valence-electron chi connectivity index (χ1n) is 5.45. The lowest BCUT2D eigenvalue weighted by Gasteiger charge is -2.07. The molecule has 0 amide bonds. The van der Waals surface area contributed by atoms with E-state index in [1.807, 2.05) is 23.6 Å². The second-order valence-corrected chi connectivity index (χ2v) is 5.41. The normalized spacial score (nSPS) is 10.8. The van der Waals surface area contributed by atoms with Gasteiger partial charge in [-0.05, 0) is 41.3 Å². The highest BCUT2D eigenvalue weighted by atomic mass is 35.5. The molecular formula is C13H13Cl2NS. The van der Waals surface area contributed by atoms with Crippen LogP contribution < -0.4 is 5.32 Å². The van der Waals surface area contributed by atoms with Crippen molar-refractivity contribution in [3.8, 4) is 10.4 Å². The van der Waals surface area contributed by atoms with Gasteiger partial charge in [0, 0.05) is 11.6 Å². The van der Waals surface area contributed by atoms with E-state index in [1.165, 1.54) is 0 Å². The van der Waals surface area contributed by atoms with Gasteiger partial charge in [0.05, 0.1) is 9.90 Å². The molecule has 0 aliphatic rings. The Morgan fingerprint density at radius 2 is 2.00 bits per heavy atom. The van der Waals surface area contributed by atoms with Gasteiger partial charge in [-0.1, -0.05) is 36.2 Å². The molecular weight excluding hydrogens is 273 g/mol. The fraction of sp³-hybridized carbons (Fsp3) is 0.231. The van der Waals surface area contributed by atoms with E-state index in [9.17, 15) is 0 Å². The fourth-order valence-corrected chi connectivity index (χ4v) is 2.96. The minimum Gasteiger partial charge on any atom is -0.313 e. The monoisotopic (exact) mass is 285 g/mol. The van der Waals surface area contributed by atoms with Crippen LogP contribution in [-0.2, 0) is 6.54 Å². The number of hydrogen-bond donors (Lipinski definition) is 1. The number of halogens is 2. The summed E-state index contributed by atoms with van der Waals surface area (Å²) in [6.45, 7) is 3.79. The third-order valence-electron chi connectivity index (χ3n) is 2.49. The Balaban J connectivity index is 2.34. The standard InChI is InChI=1S/C13H13Cl2NS/c1-2-16-8-10-7-9(3-4-11(10)14)13-12(15)5-6-17-13/h3-7,16H,2,8H2,1H3. The lowest BCUT2D eigenvalue weighted by Crippen LogP contribution is -2.12. The summed E-state index contributed by atoms with van der Waals surface area (Å²) >= 11 is 13.9. The van der Waals surface area contributed by atoms with Crippen molar-refractivity contribution in [2.45, 2.75) is 13.5 Å². The van der Waals surface area contributed by atoms with E-state index in [1.54, 1.807) is 11.3 Å². The number of nitrogens with one attached hydrogen (secondary N) is 1. The zero-order chi connectivity index (χ0) is 12.3. The highest BCUT2D eigenvalue weighted by Gasteiger charge is 2.07. The van der Waals surface area contributed by atoms with Gasteiger partial charge in [-0.3, -0.25) is 0 Å². The Hall–Kier alpha value is -0.540. The maximum absolute atomic E-state index is 6.16. The first-order valence-corrected chi connectivity index (χ1v) is 7.08. The van der Waals surface area contributed by atoms with Gasteiger partial charge >= 0.3 is 0 Å². The van der Waals surface area contributed by atoms with E-state index in [4.69, 9.17) is 23.2 Å². The zero-order valence-corrected chi connectivity index (χ0v) is 11.8. The average molecular weight is 286 g/mol. The van der Waals surface area contributed by atoms with Crippen molar-refractivity contribution in [2.75, 3.05) is 6.54 Å². The highest BCUT2D eigenvalue weighted by molar-refractivity contribution is 7.14. The molecule has 1 nitrogen and oxygen atoms in total. The Kier molecular flexibility index (Phi) is 4.46. The maximum Gasteiger partial charge on any atom is 0.0592 e. The largest absolute Gasteiger partial charge is 0.313 e. The molecule has 0 atom stereocenters. The first kappa shape index (κ1) is 12.9. The van der Waals surface area contributed by atoms with E-state index in [0.717, 1.165) is 39.1 Å². The van der Waals surface area contributed by atoms with E-state index in [0.29, 0.717) is 0 Å². The van der Waals surface area contributed by atoms with Gasteiger partial charge in [0.2, 0.25) is 0 Å². The van der Waals surface area contributed by atoms with Crippen molar-refractivity contribution in [1.82, 2.24) is 5.32 Å². The molecule has 0 saturated heterocycles. The third-order valence-corrected chi connectivity index (χ3v) is 4.25. The van der Waals surface area contributed by atoms with Gasteiger partial charge in [0.1, 0.15) is 0 Å². The van der Waals surface area contributed by atoms with Crippen LogP contribution in [0.5, 0.6) is 0 Å². The molecule has 4 heteroatoms. The quantitative estimate of drug-likeness (QED) is 0.848. The lowest BCUT2D eigenvalue weighted by atomic mass is 10.1. The van der Waals surface area contributed by atoms with Crippen LogP contribution in [0, 0.1) is 0 Å². The topological polar surface area (TPSA) is 12.0 Å². The van der Waals surface area contributed by atoms with Crippen LogP contribution in [0.25, 0.3) is 10.4 Å². The molecule has 0 radical (unpaired) electrons. The second-order valence-electron chi connectivity index (χ2n) is 3.68. The minimum absolute atomic E-state index is 0.784. The molecule has 0 aliphatic heterocycles. The Labute approximate surface area is 115 Å². The van der Waals surface area contributed by atoms with Gasteiger partial charge in [-0.2, -0.15) is 0 Å². The van der Waals surface area contributed by atoms with Gasteiger partial charge in [-0.15, -0.1) is 11.3 Å². The lowest BCUT2D eigenvalue weighted by molar-refractivity contribution is 0.727. The van der Waals surface area contributed by atoms with E-state index in [-0.39, 0.29) is 0 Å². The molecule has 1 N–H and O–H groups in total. The molecule has 1 aromatic carbocycles.